The van der Waals surface area contributed by atoms with E-state index in [1.807, 2.05) is 0 Å². The van der Waals surface area contributed by atoms with Crippen molar-refractivity contribution >= 4 is 21.6 Å². The Morgan fingerprint density at radius 1 is 1.23 bits per heavy atom. The van der Waals surface area contributed by atoms with Crippen molar-refractivity contribution in [1.29, 1.82) is 0 Å². The van der Waals surface area contributed by atoms with Gasteiger partial charge in [0.1, 0.15) is 10.6 Å². The first-order valence-corrected chi connectivity index (χ1v) is 9.38. The van der Waals surface area contributed by atoms with E-state index >= 15 is 0 Å². The lowest BCUT2D eigenvalue weighted by atomic mass is 10.3. The molecule has 1 heterocycles. The van der Waals surface area contributed by atoms with Gasteiger partial charge in [-0.05, 0) is 37.0 Å². The van der Waals surface area contributed by atoms with Gasteiger partial charge in [-0.25, -0.2) is 8.42 Å². The summed E-state index contributed by atoms with van der Waals surface area (Å²) in [7, 11) is -2.10. The lowest BCUT2D eigenvalue weighted by Gasteiger charge is -2.34. The first kappa shape index (κ1) is 16.1. The zero-order chi connectivity index (χ0) is 15.7. The van der Waals surface area contributed by atoms with Crippen LogP contribution in [0.1, 0.15) is 12.8 Å². The summed E-state index contributed by atoms with van der Waals surface area (Å²) in [5.41, 5.74) is 0. The minimum atomic E-state index is -3.57. The molecule has 1 aromatic rings. The molecule has 1 aliphatic carbocycles. The van der Waals surface area contributed by atoms with E-state index < -0.39 is 10.0 Å². The highest BCUT2D eigenvalue weighted by atomic mass is 35.5. The number of piperazine rings is 1. The zero-order valence-corrected chi connectivity index (χ0v) is 14.2. The third kappa shape index (κ3) is 3.40. The van der Waals surface area contributed by atoms with Gasteiger partial charge in [-0.3, -0.25) is 0 Å². The average Bonchev–Trinajstić information content (AvgIpc) is 3.32. The monoisotopic (exact) mass is 344 g/mol. The SMILES string of the molecule is COc1ccc(Cl)cc1S(=O)(=O)N1CCN(CC2CC2)CC1. The van der Waals surface area contributed by atoms with Crippen LogP contribution in [0, 0.1) is 5.92 Å². The Hall–Kier alpha value is -0.820. The molecule has 2 aliphatic rings. The summed E-state index contributed by atoms with van der Waals surface area (Å²) in [6.07, 6.45) is 2.64. The molecule has 0 unspecified atom stereocenters. The maximum absolute atomic E-state index is 12.8. The predicted octanol–water partition coefficient (Wildman–Crippen LogP) is 2.06. The Balaban J connectivity index is 1.74. The Labute approximate surface area is 136 Å². The van der Waals surface area contributed by atoms with Crippen LogP contribution < -0.4 is 4.74 Å². The molecule has 0 radical (unpaired) electrons. The van der Waals surface area contributed by atoms with Gasteiger partial charge in [-0.2, -0.15) is 4.31 Å². The van der Waals surface area contributed by atoms with Gasteiger partial charge < -0.3 is 9.64 Å². The Kier molecular flexibility index (Phi) is 4.64. The largest absolute Gasteiger partial charge is 0.495 e. The van der Waals surface area contributed by atoms with Crippen LogP contribution in [0.4, 0.5) is 0 Å². The maximum Gasteiger partial charge on any atom is 0.246 e. The molecule has 0 amide bonds. The summed E-state index contributed by atoms with van der Waals surface area (Å²) in [6.45, 7) is 3.72. The van der Waals surface area contributed by atoms with E-state index in [1.54, 1.807) is 12.1 Å². The topological polar surface area (TPSA) is 49.9 Å². The van der Waals surface area contributed by atoms with Crippen molar-refractivity contribution in [3.8, 4) is 5.75 Å². The molecule has 1 aromatic carbocycles. The summed E-state index contributed by atoms with van der Waals surface area (Å²) in [5, 5.41) is 0.395. The molecule has 3 rings (SSSR count). The minimum Gasteiger partial charge on any atom is -0.495 e. The minimum absolute atomic E-state index is 0.151. The quantitative estimate of drug-likeness (QED) is 0.820. The smallest absolute Gasteiger partial charge is 0.246 e. The van der Waals surface area contributed by atoms with Crippen LogP contribution in [0.15, 0.2) is 23.1 Å². The number of halogens is 1. The van der Waals surface area contributed by atoms with Gasteiger partial charge in [0.2, 0.25) is 10.0 Å². The van der Waals surface area contributed by atoms with Gasteiger partial charge in [0.05, 0.1) is 7.11 Å². The van der Waals surface area contributed by atoms with E-state index in [1.165, 1.54) is 30.3 Å². The Bertz CT molecular complexity index is 638. The lowest BCUT2D eigenvalue weighted by Crippen LogP contribution is -2.49. The molecule has 5 nitrogen and oxygen atoms in total. The highest BCUT2D eigenvalue weighted by molar-refractivity contribution is 7.89. The molecule has 0 N–H and O–H groups in total. The summed E-state index contributed by atoms with van der Waals surface area (Å²) < 4.78 is 32.4. The van der Waals surface area contributed by atoms with E-state index in [4.69, 9.17) is 16.3 Å². The highest BCUT2D eigenvalue weighted by Gasteiger charge is 2.32. The molecule has 0 atom stereocenters. The first-order chi connectivity index (χ1) is 10.5. The van der Waals surface area contributed by atoms with Gasteiger partial charge in [0.25, 0.3) is 0 Å². The van der Waals surface area contributed by atoms with Crippen LogP contribution in [0.3, 0.4) is 0 Å². The predicted molar refractivity (Wildman–Crippen MR) is 85.9 cm³/mol. The molecule has 1 saturated carbocycles. The first-order valence-electron chi connectivity index (χ1n) is 7.57. The number of rotatable bonds is 5. The molecule has 1 aliphatic heterocycles. The maximum atomic E-state index is 12.8. The van der Waals surface area contributed by atoms with Crippen LogP contribution in [0.25, 0.3) is 0 Å². The van der Waals surface area contributed by atoms with Crippen molar-refractivity contribution in [2.45, 2.75) is 17.7 Å². The Morgan fingerprint density at radius 2 is 1.91 bits per heavy atom. The van der Waals surface area contributed by atoms with Gasteiger partial charge in [0.15, 0.2) is 0 Å². The van der Waals surface area contributed by atoms with Gasteiger partial charge in [-0.15, -0.1) is 0 Å². The third-order valence-corrected chi connectivity index (χ3v) is 6.44. The second kappa shape index (κ2) is 6.35. The summed E-state index contributed by atoms with van der Waals surface area (Å²) in [5.74, 6) is 1.17. The standard InChI is InChI=1S/C15H21ClN2O3S/c1-21-14-5-4-13(16)10-15(14)22(19,20)18-8-6-17(7-9-18)11-12-2-3-12/h4-5,10,12H,2-3,6-9,11H2,1H3. The summed E-state index contributed by atoms with van der Waals surface area (Å²) in [6, 6.07) is 4.69. The number of nitrogens with zero attached hydrogens (tertiary/aromatic N) is 2. The fourth-order valence-corrected chi connectivity index (χ4v) is 4.65. The van der Waals surface area contributed by atoms with E-state index in [9.17, 15) is 8.42 Å². The summed E-state index contributed by atoms with van der Waals surface area (Å²) >= 11 is 5.96. The van der Waals surface area contributed by atoms with Crippen molar-refractivity contribution in [3.05, 3.63) is 23.2 Å². The third-order valence-electron chi connectivity index (χ3n) is 4.29. The fraction of sp³-hybridized carbons (Fsp3) is 0.600. The number of benzene rings is 1. The molecule has 122 valence electrons. The Morgan fingerprint density at radius 3 is 2.50 bits per heavy atom. The van der Waals surface area contributed by atoms with E-state index in [0.29, 0.717) is 23.9 Å². The number of ether oxygens (including phenoxy) is 1. The fourth-order valence-electron chi connectivity index (χ4n) is 2.81. The molecule has 0 aromatic heterocycles. The molecule has 0 bridgehead atoms. The van der Waals surface area contributed by atoms with Crippen LogP contribution in [-0.2, 0) is 10.0 Å². The van der Waals surface area contributed by atoms with Gasteiger partial charge >= 0.3 is 0 Å². The number of methoxy groups -OCH3 is 1. The average molecular weight is 345 g/mol. The molecular formula is C15H21ClN2O3S. The molecule has 2 fully saturated rings. The highest BCUT2D eigenvalue weighted by Crippen LogP contribution is 2.32. The van der Waals surface area contributed by atoms with Crippen LogP contribution in [-0.4, -0.2) is 57.5 Å². The molecule has 0 spiro atoms. The van der Waals surface area contributed by atoms with Crippen molar-refractivity contribution in [1.82, 2.24) is 9.21 Å². The van der Waals surface area contributed by atoms with Crippen molar-refractivity contribution in [2.24, 2.45) is 5.92 Å². The number of hydrogen-bond acceptors (Lipinski definition) is 4. The second-order valence-electron chi connectivity index (χ2n) is 5.94. The molecule has 22 heavy (non-hydrogen) atoms. The van der Waals surface area contributed by atoms with Crippen molar-refractivity contribution in [2.75, 3.05) is 39.8 Å². The van der Waals surface area contributed by atoms with Crippen LogP contribution in [0.5, 0.6) is 5.75 Å². The van der Waals surface area contributed by atoms with E-state index in [-0.39, 0.29) is 4.90 Å². The van der Waals surface area contributed by atoms with Gasteiger partial charge in [0, 0.05) is 37.7 Å². The molecule has 1 saturated heterocycles. The molecule has 7 heteroatoms. The van der Waals surface area contributed by atoms with Gasteiger partial charge in [-0.1, -0.05) is 11.6 Å². The zero-order valence-electron chi connectivity index (χ0n) is 12.7. The lowest BCUT2D eigenvalue weighted by molar-refractivity contribution is 0.182. The van der Waals surface area contributed by atoms with Crippen molar-refractivity contribution < 1.29 is 13.2 Å². The molecular weight excluding hydrogens is 324 g/mol. The normalized spacial score (nSPS) is 21.0. The van der Waals surface area contributed by atoms with Crippen molar-refractivity contribution in [3.63, 3.8) is 0 Å². The number of hydrogen-bond donors (Lipinski definition) is 0. The summed E-state index contributed by atoms with van der Waals surface area (Å²) in [4.78, 5) is 2.51. The van der Waals surface area contributed by atoms with E-state index in [0.717, 1.165) is 25.6 Å². The van der Waals surface area contributed by atoms with Crippen LogP contribution >= 0.6 is 11.6 Å². The van der Waals surface area contributed by atoms with Crippen LogP contribution in [0.2, 0.25) is 5.02 Å². The van der Waals surface area contributed by atoms with E-state index in [2.05, 4.69) is 4.90 Å². The second-order valence-corrected chi connectivity index (χ2v) is 8.29. The number of sulfonamides is 1.